The number of hydrogen-bond acceptors (Lipinski definition) is 2. The average molecular weight is 208 g/mol. The fraction of sp³-hybridized carbons (Fsp3) is 0. The van der Waals surface area contributed by atoms with Gasteiger partial charge in [-0.25, -0.2) is 0 Å². The van der Waals surface area contributed by atoms with Gasteiger partial charge in [-0.15, -0.1) is 0 Å². The van der Waals surface area contributed by atoms with E-state index in [-0.39, 0.29) is 5.69 Å². The van der Waals surface area contributed by atoms with E-state index < -0.39 is 4.92 Å². The molecule has 0 heterocycles. The molecule has 0 aromatic heterocycles. The van der Waals surface area contributed by atoms with Gasteiger partial charge in [-0.05, 0) is 17.5 Å². The number of halogens is 1. The van der Waals surface area contributed by atoms with Gasteiger partial charge in [-0.1, -0.05) is 23.7 Å². The highest BCUT2D eigenvalue weighted by atomic mass is 35.5. The number of rotatable bonds is 1. The third-order valence-electron chi connectivity index (χ3n) is 2.02. The smallest absolute Gasteiger partial charge is 0.258 e. The summed E-state index contributed by atoms with van der Waals surface area (Å²) in [6.07, 6.45) is 0. The summed E-state index contributed by atoms with van der Waals surface area (Å²) in [7, 11) is 0. The molecule has 0 N–H and O–H groups in total. The van der Waals surface area contributed by atoms with E-state index >= 15 is 0 Å². The molecular weight excluding hydrogens is 202 g/mol. The molecule has 0 fully saturated rings. The second-order valence-corrected chi connectivity index (χ2v) is 3.31. The normalized spacial score (nSPS) is 10.4. The van der Waals surface area contributed by atoms with Crippen LogP contribution in [0.25, 0.3) is 10.8 Å². The third-order valence-corrected chi connectivity index (χ3v) is 2.35. The SMILES string of the molecule is O=[N+]([O-])c1ccc2cccc(Cl)c2c1. The van der Waals surface area contributed by atoms with E-state index in [4.69, 9.17) is 11.6 Å². The van der Waals surface area contributed by atoms with E-state index in [2.05, 4.69) is 0 Å². The standard InChI is InChI=1S/C10H6ClNO2/c11-10-3-1-2-7-4-5-8(12(13)14)6-9(7)10/h1-6H. The van der Waals surface area contributed by atoms with Crippen molar-refractivity contribution in [2.75, 3.05) is 0 Å². The quantitative estimate of drug-likeness (QED) is 0.531. The van der Waals surface area contributed by atoms with Crippen LogP contribution in [-0.4, -0.2) is 4.92 Å². The Morgan fingerprint density at radius 2 is 2.00 bits per heavy atom. The van der Waals surface area contributed by atoms with Gasteiger partial charge in [0.2, 0.25) is 0 Å². The Kier molecular flexibility index (Phi) is 2.09. The Morgan fingerprint density at radius 3 is 2.71 bits per heavy atom. The van der Waals surface area contributed by atoms with Crippen LogP contribution in [0.4, 0.5) is 5.69 Å². The summed E-state index contributed by atoms with van der Waals surface area (Å²) in [6, 6.07) is 10.0. The van der Waals surface area contributed by atoms with Crippen molar-refractivity contribution < 1.29 is 4.92 Å². The van der Waals surface area contributed by atoms with Crippen LogP contribution >= 0.6 is 11.6 Å². The van der Waals surface area contributed by atoms with Crippen molar-refractivity contribution in [1.82, 2.24) is 0 Å². The van der Waals surface area contributed by atoms with Crippen molar-refractivity contribution in [2.24, 2.45) is 0 Å². The summed E-state index contributed by atoms with van der Waals surface area (Å²) in [4.78, 5) is 10.1. The number of fused-ring (bicyclic) bond motifs is 1. The Hall–Kier alpha value is -1.61. The summed E-state index contributed by atoms with van der Waals surface area (Å²) in [5.41, 5.74) is 0.0607. The van der Waals surface area contributed by atoms with Crippen molar-refractivity contribution in [2.45, 2.75) is 0 Å². The highest BCUT2D eigenvalue weighted by molar-refractivity contribution is 6.35. The minimum Gasteiger partial charge on any atom is -0.258 e. The molecule has 70 valence electrons. The molecule has 0 amide bonds. The van der Waals surface area contributed by atoms with Gasteiger partial charge in [-0.3, -0.25) is 10.1 Å². The number of nitro benzene ring substituents is 1. The fourth-order valence-electron chi connectivity index (χ4n) is 1.34. The number of nitro groups is 1. The third kappa shape index (κ3) is 1.42. The van der Waals surface area contributed by atoms with E-state index in [1.807, 2.05) is 12.1 Å². The molecule has 2 rings (SSSR count). The molecule has 4 heteroatoms. The minimum absolute atomic E-state index is 0.0607. The molecule has 0 atom stereocenters. The summed E-state index contributed by atoms with van der Waals surface area (Å²) >= 11 is 5.91. The number of non-ortho nitro benzene ring substituents is 1. The van der Waals surface area contributed by atoms with Crippen LogP contribution in [0.15, 0.2) is 36.4 Å². The molecule has 0 unspecified atom stereocenters. The zero-order valence-corrected chi connectivity index (χ0v) is 7.86. The predicted molar refractivity (Wildman–Crippen MR) is 55.6 cm³/mol. The van der Waals surface area contributed by atoms with E-state index in [0.717, 1.165) is 5.39 Å². The monoisotopic (exact) mass is 207 g/mol. The van der Waals surface area contributed by atoms with Gasteiger partial charge >= 0.3 is 0 Å². The lowest BCUT2D eigenvalue weighted by molar-refractivity contribution is -0.384. The molecule has 0 aliphatic heterocycles. The fourth-order valence-corrected chi connectivity index (χ4v) is 1.57. The molecule has 14 heavy (non-hydrogen) atoms. The lowest BCUT2D eigenvalue weighted by atomic mass is 10.1. The molecule has 0 spiro atoms. The highest BCUT2D eigenvalue weighted by Gasteiger charge is 2.07. The van der Waals surface area contributed by atoms with Crippen molar-refractivity contribution in [1.29, 1.82) is 0 Å². The van der Waals surface area contributed by atoms with Gasteiger partial charge < -0.3 is 0 Å². The van der Waals surface area contributed by atoms with Crippen LogP contribution in [-0.2, 0) is 0 Å². The second-order valence-electron chi connectivity index (χ2n) is 2.90. The minimum atomic E-state index is -0.428. The first kappa shape index (κ1) is 8.97. The zero-order chi connectivity index (χ0) is 10.1. The van der Waals surface area contributed by atoms with Crippen molar-refractivity contribution in [3.8, 4) is 0 Å². The lowest BCUT2D eigenvalue weighted by Crippen LogP contribution is -1.87. The largest absolute Gasteiger partial charge is 0.270 e. The van der Waals surface area contributed by atoms with Gasteiger partial charge in [0.05, 0.1) is 4.92 Å². The maximum Gasteiger partial charge on any atom is 0.270 e. The van der Waals surface area contributed by atoms with Crippen molar-refractivity contribution >= 4 is 28.1 Å². The van der Waals surface area contributed by atoms with Gasteiger partial charge in [0.1, 0.15) is 0 Å². The molecule has 0 saturated heterocycles. The van der Waals surface area contributed by atoms with Crippen molar-refractivity contribution in [3.63, 3.8) is 0 Å². The van der Waals surface area contributed by atoms with Crippen LogP contribution < -0.4 is 0 Å². The summed E-state index contributed by atoms with van der Waals surface area (Å²) in [5.74, 6) is 0. The van der Waals surface area contributed by atoms with Crippen LogP contribution in [0.1, 0.15) is 0 Å². The first-order valence-electron chi connectivity index (χ1n) is 4.01. The van der Waals surface area contributed by atoms with Crippen LogP contribution in [0.2, 0.25) is 5.02 Å². The first-order valence-corrected chi connectivity index (χ1v) is 4.39. The molecule has 2 aromatic rings. The summed E-state index contributed by atoms with van der Waals surface area (Å²) < 4.78 is 0. The van der Waals surface area contributed by atoms with Crippen molar-refractivity contribution in [3.05, 3.63) is 51.5 Å². The molecule has 0 saturated carbocycles. The van der Waals surface area contributed by atoms with Gasteiger partial charge in [0.25, 0.3) is 5.69 Å². The average Bonchev–Trinajstić information content (AvgIpc) is 2.18. The Labute approximate surface area is 85.1 Å². The number of hydrogen-bond donors (Lipinski definition) is 0. The molecule has 0 aliphatic carbocycles. The van der Waals surface area contributed by atoms with Gasteiger partial charge in [0.15, 0.2) is 0 Å². The van der Waals surface area contributed by atoms with Crippen LogP contribution in [0, 0.1) is 10.1 Å². The van der Waals surface area contributed by atoms with Crippen LogP contribution in [0.5, 0.6) is 0 Å². The number of benzene rings is 2. The lowest BCUT2D eigenvalue weighted by Gasteiger charge is -1.99. The van der Waals surface area contributed by atoms with Crippen LogP contribution in [0.3, 0.4) is 0 Å². The Morgan fingerprint density at radius 1 is 1.21 bits per heavy atom. The second kappa shape index (κ2) is 3.27. The highest BCUT2D eigenvalue weighted by Crippen LogP contribution is 2.26. The zero-order valence-electron chi connectivity index (χ0n) is 7.11. The summed E-state index contributed by atoms with van der Waals surface area (Å²) in [5, 5.41) is 12.7. The predicted octanol–water partition coefficient (Wildman–Crippen LogP) is 3.40. The molecule has 0 bridgehead atoms. The Bertz CT molecular complexity index is 510. The maximum atomic E-state index is 10.5. The molecular formula is C10H6ClNO2. The first-order chi connectivity index (χ1) is 6.68. The van der Waals surface area contributed by atoms with E-state index in [0.29, 0.717) is 10.4 Å². The topological polar surface area (TPSA) is 43.1 Å². The maximum absolute atomic E-state index is 10.5. The summed E-state index contributed by atoms with van der Waals surface area (Å²) in [6.45, 7) is 0. The Balaban J connectivity index is 2.76. The molecule has 2 aromatic carbocycles. The number of nitrogens with zero attached hydrogens (tertiary/aromatic N) is 1. The van der Waals surface area contributed by atoms with E-state index in [1.54, 1.807) is 12.1 Å². The van der Waals surface area contributed by atoms with E-state index in [1.165, 1.54) is 12.1 Å². The molecule has 0 radical (unpaired) electrons. The molecule has 0 aliphatic rings. The van der Waals surface area contributed by atoms with Gasteiger partial charge in [-0.2, -0.15) is 0 Å². The van der Waals surface area contributed by atoms with Gasteiger partial charge in [0, 0.05) is 22.5 Å². The van der Waals surface area contributed by atoms with E-state index in [9.17, 15) is 10.1 Å². The molecule has 3 nitrogen and oxygen atoms in total.